The molecule has 0 unspecified atom stereocenters. The van der Waals surface area contributed by atoms with Crippen molar-refractivity contribution in [2.75, 3.05) is 32.1 Å². The molecule has 1 amide bonds. The van der Waals surface area contributed by atoms with Gasteiger partial charge in [0, 0.05) is 17.2 Å². The summed E-state index contributed by atoms with van der Waals surface area (Å²) in [4.78, 5) is 16.8. The lowest BCUT2D eigenvalue weighted by molar-refractivity contribution is -0.124. The Balaban J connectivity index is 2.10. The van der Waals surface area contributed by atoms with Gasteiger partial charge < -0.3 is 9.80 Å². The Hall–Kier alpha value is -0.870. The SMILES string of the molecule is CN1CCC2(CC1)C(=O)N(C)c1cc(Br)ccc12. The zero-order chi connectivity index (χ0) is 12.9. The minimum Gasteiger partial charge on any atom is -0.314 e. The van der Waals surface area contributed by atoms with E-state index in [1.807, 2.05) is 18.0 Å². The Kier molecular flexibility index (Phi) is 2.75. The van der Waals surface area contributed by atoms with Crippen LogP contribution in [0.1, 0.15) is 18.4 Å². The first-order chi connectivity index (χ1) is 8.54. The van der Waals surface area contributed by atoms with Gasteiger partial charge >= 0.3 is 0 Å². The van der Waals surface area contributed by atoms with Crippen LogP contribution in [-0.2, 0) is 10.2 Å². The van der Waals surface area contributed by atoms with Gasteiger partial charge in [0.1, 0.15) is 0 Å². The molecule has 1 aromatic carbocycles. The van der Waals surface area contributed by atoms with Gasteiger partial charge in [0.25, 0.3) is 0 Å². The predicted molar refractivity (Wildman–Crippen MR) is 76.0 cm³/mol. The van der Waals surface area contributed by atoms with E-state index in [-0.39, 0.29) is 11.3 Å². The quantitative estimate of drug-likeness (QED) is 0.735. The zero-order valence-corrected chi connectivity index (χ0v) is 12.3. The first-order valence-electron chi connectivity index (χ1n) is 6.31. The fourth-order valence-corrected chi connectivity index (χ4v) is 3.57. The van der Waals surface area contributed by atoms with Crippen LogP contribution in [0, 0.1) is 0 Å². The van der Waals surface area contributed by atoms with Gasteiger partial charge in [-0.25, -0.2) is 0 Å². The summed E-state index contributed by atoms with van der Waals surface area (Å²) >= 11 is 3.49. The van der Waals surface area contributed by atoms with E-state index in [4.69, 9.17) is 0 Å². The highest BCUT2D eigenvalue weighted by molar-refractivity contribution is 9.10. The predicted octanol–water partition coefficient (Wildman–Crippen LogP) is 2.39. The summed E-state index contributed by atoms with van der Waals surface area (Å²) in [6, 6.07) is 6.22. The van der Waals surface area contributed by atoms with Gasteiger partial charge in [0.05, 0.1) is 5.41 Å². The number of likely N-dealkylation sites (tertiary alicyclic amines) is 1. The number of carbonyl (C=O) groups is 1. The molecular formula is C14H17BrN2O. The first kappa shape index (κ1) is 12.2. The molecule has 0 atom stereocenters. The molecule has 1 spiro atoms. The standard InChI is InChI=1S/C14H17BrN2O/c1-16-7-5-14(6-8-16)11-4-3-10(15)9-12(11)17(2)13(14)18/h3-4,9H,5-8H2,1-2H3. The number of hydrogen-bond acceptors (Lipinski definition) is 2. The van der Waals surface area contributed by atoms with Crippen LogP contribution in [0.15, 0.2) is 22.7 Å². The second-order valence-corrected chi connectivity index (χ2v) is 6.33. The Morgan fingerprint density at radius 1 is 1.22 bits per heavy atom. The molecule has 0 aliphatic carbocycles. The summed E-state index contributed by atoms with van der Waals surface area (Å²) < 4.78 is 1.03. The van der Waals surface area contributed by atoms with E-state index in [9.17, 15) is 4.79 Å². The van der Waals surface area contributed by atoms with Gasteiger partial charge in [0.2, 0.25) is 5.91 Å². The van der Waals surface area contributed by atoms with Crippen molar-refractivity contribution in [2.24, 2.45) is 0 Å². The molecule has 1 saturated heterocycles. The Labute approximate surface area is 116 Å². The molecule has 4 heteroatoms. The summed E-state index contributed by atoms with van der Waals surface area (Å²) in [5.41, 5.74) is 2.02. The van der Waals surface area contributed by atoms with Crippen molar-refractivity contribution in [3.05, 3.63) is 28.2 Å². The molecule has 3 rings (SSSR count). The summed E-state index contributed by atoms with van der Waals surface area (Å²) in [5, 5.41) is 0. The molecule has 2 aliphatic rings. The number of halogens is 1. The van der Waals surface area contributed by atoms with Gasteiger partial charge in [-0.3, -0.25) is 4.79 Å². The van der Waals surface area contributed by atoms with E-state index in [0.29, 0.717) is 0 Å². The average Bonchev–Trinajstić information content (AvgIpc) is 2.56. The smallest absolute Gasteiger partial charge is 0.237 e. The molecule has 1 aromatic rings. The summed E-state index contributed by atoms with van der Waals surface area (Å²) in [5.74, 6) is 0.267. The lowest BCUT2D eigenvalue weighted by Crippen LogP contribution is -2.46. The number of carbonyl (C=O) groups excluding carboxylic acids is 1. The second-order valence-electron chi connectivity index (χ2n) is 5.41. The molecule has 0 aromatic heterocycles. The normalized spacial score (nSPS) is 22.6. The molecule has 0 N–H and O–H groups in total. The molecule has 2 heterocycles. The Morgan fingerprint density at radius 3 is 2.56 bits per heavy atom. The van der Waals surface area contributed by atoms with E-state index in [0.717, 1.165) is 36.1 Å². The lowest BCUT2D eigenvalue weighted by Gasteiger charge is -2.36. The van der Waals surface area contributed by atoms with Gasteiger partial charge in [-0.1, -0.05) is 22.0 Å². The lowest BCUT2D eigenvalue weighted by atomic mass is 9.74. The van der Waals surface area contributed by atoms with Crippen molar-refractivity contribution >= 4 is 27.5 Å². The van der Waals surface area contributed by atoms with Crippen molar-refractivity contribution in [1.29, 1.82) is 0 Å². The van der Waals surface area contributed by atoms with E-state index in [1.54, 1.807) is 0 Å². The van der Waals surface area contributed by atoms with Gasteiger partial charge in [-0.2, -0.15) is 0 Å². The summed E-state index contributed by atoms with van der Waals surface area (Å²) in [7, 11) is 4.01. The molecule has 3 nitrogen and oxygen atoms in total. The molecular weight excluding hydrogens is 292 g/mol. The van der Waals surface area contributed by atoms with Crippen LogP contribution in [0.2, 0.25) is 0 Å². The average molecular weight is 309 g/mol. The minimum absolute atomic E-state index is 0.267. The summed E-state index contributed by atoms with van der Waals surface area (Å²) in [6.45, 7) is 1.99. The Bertz CT molecular complexity index is 507. The highest BCUT2D eigenvalue weighted by Gasteiger charge is 2.50. The fourth-order valence-electron chi connectivity index (χ4n) is 3.22. The van der Waals surface area contributed by atoms with Crippen LogP contribution in [0.4, 0.5) is 5.69 Å². The number of piperidine rings is 1. The number of anilines is 1. The molecule has 0 saturated carbocycles. The second kappa shape index (κ2) is 4.07. The van der Waals surface area contributed by atoms with Crippen LogP contribution in [0.5, 0.6) is 0 Å². The Morgan fingerprint density at radius 2 is 1.89 bits per heavy atom. The number of nitrogens with zero attached hydrogens (tertiary/aromatic N) is 2. The number of likely N-dealkylation sites (N-methyl/N-ethyl adjacent to an activating group) is 1. The largest absolute Gasteiger partial charge is 0.314 e. The number of rotatable bonds is 0. The van der Waals surface area contributed by atoms with Crippen LogP contribution in [-0.4, -0.2) is 38.0 Å². The number of fused-ring (bicyclic) bond motifs is 2. The van der Waals surface area contributed by atoms with Crippen molar-refractivity contribution in [3.8, 4) is 0 Å². The fraction of sp³-hybridized carbons (Fsp3) is 0.500. The van der Waals surface area contributed by atoms with E-state index < -0.39 is 0 Å². The van der Waals surface area contributed by atoms with Crippen LogP contribution in [0.3, 0.4) is 0 Å². The maximum atomic E-state index is 12.6. The molecule has 2 aliphatic heterocycles. The van der Waals surface area contributed by atoms with Crippen molar-refractivity contribution in [2.45, 2.75) is 18.3 Å². The minimum atomic E-state index is -0.267. The molecule has 0 bridgehead atoms. The third-order valence-corrected chi connectivity index (χ3v) is 4.88. The van der Waals surface area contributed by atoms with Crippen molar-refractivity contribution in [3.63, 3.8) is 0 Å². The van der Waals surface area contributed by atoms with E-state index in [2.05, 4.69) is 40.0 Å². The van der Waals surface area contributed by atoms with Crippen LogP contribution < -0.4 is 4.90 Å². The molecule has 1 fully saturated rings. The zero-order valence-electron chi connectivity index (χ0n) is 10.7. The maximum Gasteiger partial charge on any atom is 0.237 e. The van der Waals surface area contributed by atoms with Gasteiger partial charge in [-0.05, 0) is 50.7 Å². The third kappa shape index (κ3) is 1.55. The number of hydrogen-bond donors (Lipinski definition) is 0. The maximum absolute atomic E-state index is 12.6. The monoisotopic (exact) mass is 308 g/mol. The van der Waals surface area contributed by atoms with Crippen molar-refractivity contribution in [1.82, 2.24) is 4.90 Å². The topological polar surface area (TPSA) is 23.6 Å². The number of benzene rings is 1. The third-order valence-electron chi connectivity index (χ3n) is 4.39. The highest BCUT2D eigenvalue weighted by Crippen LogP contribution is 2.47. The number of amides is 1. The van der Waals surface area contributed by atoms with Gasteiger partial charge in [-0.15, -0.1) is 0 Å². The first-order valence-corrected chi connectivity index (χ1v) is 7.11. The van der Waals surface area contributed by atoms with Crippen LogP contribution in [0.25, 0.3) is 0 Å². The van der Waals surface area contributed by atoms with E-state index in [1.165, 1.54) is 5.56 Å². The summed E-state index contributed by atoms with van der Waals surface area (Å²) in [6.07, 6.45) is 1.86. The van der Waals surface area contributed by atoms with Crippen LogP contribution >= 0.6 is 15.9 Å². The van der Waals surface area contributed by atoms with Crippen molar-refractivity contribution < 1.29 is 4.79 Å². The highest BCUT2D eigenvalue weighted by atomic mass is 79.9. The van der Waals surface area contributed by atoms with Gasteiger partial charge in [0.15, 0.2) is 0 Å². The molecule has 96 valence electrons. The van der Waals surface area contributed by atoms with E-state index >= 15 is 0 Å². The molecule has 18 heavy (non-hydrogen) atoms. The molecule has 0 radical (unpaired) electrons.